The summed E-state index contributed by atoms with van der Waals surface area (Å²) in [5.74, 6) is 0.324. The minimum atomic E-state index is -3.55. The van der Waals surface area contributed by atoms with Gasteiger partial charge in [-0.25, -0.2) is 13.1 Å². The number of nitrogens with one attached hydrogen (secondary N) is 1. The number of hydrogen-bond donors (Lipinski definition) is 2. The normalized spacial score (nSPS) is 11.4. The smallest absolute Gasteiger partial charge is 0.244 e. The van der Waals surface area contributed by atoms with Crippen LogP contribution in [0, 0.1) is 0 Å². The van der Waals surface area contributed by atoms with E-state index in [4.69, 9.17) is 10.5 Å². The number of nitrogen functional groups attached to an aromatic ring is 1. The first-order valence-electron chi connectivity index (χ1n) is 5.53. The van der Waals surface area contributed by atoms with Gasteiger partial charge in [0.25, 0.3) is 0 Å². The van der Waals surface area contributed by atoms with Crippen molar-refractivity contribution < 1.29 is 13.2 Å². The fraction of sp³-hybridized carbons (Fsp3) is 0.455. The van der Waals surface area contributed by atoms with Gasteiger partial charge in [-0.1, -0.05) is 6.92 Å². The fourth-order valence-corrected chi connectivity index (χ4v) is 2.64. The Morgan fingerprint density at radius 2 is 2.06 bits per heavy atom. The van der Waals surface area contributed by atoms with Gasteiger partial charge in [-0.2, -0.15) is 0 Å². The van der Waals surface area contributed by atoms with Crippen LogP contribution in [0.3, 0.4) is 0 Å². The van der Waals surface area contributed by atoms with Crippen LogP contribution >= 0.6 is 0 Å². The van der Waals surface area contributed by atoms with Gasteiger partial charge in [0.05, 0.1) is 6.61 Å². The third kappa shape index (κ3) is 3.61. The molecule has 0 atom stereocenters. The molecule has 0 aliphatic rings. The van der Waals surface area contributed by atoms with Gasteiger partial charge in [-0.05, 0) is 31.5 Å². The molecular weight excluding hydrogens is 240 g/mol. The second kappa shape index (κ2) is 5.88. The van der Waals surface area contributed by atoms with Crippen LogP contribution in [-0.4, -0.2) is 21.6 Å². The fourth-order valence-electron chi connectivity index (χ4n) is 1.32. The van der Waals surface area contributed by atoms with E-state index in [0.29, 0.717) is 24.6 Å². The van der Waals surface area contributed by atoms with Gasteiger partial charge < -0.3 is 10.5 Å². The Balaban J connectivity index is 3.13. The molecule has 96 valence electrons. The van der Waals surface area contributed by atoms with Gasteiger partial charge in [0.2, 0.25) is 10.0 Å². The first-order chi connectivity index (χ1) is 8.01. The van der Waals surface area contributed by atoms with Crippen molar-refractivity contribution >= 4 is 15.7 Å². The molecule has 0 aliphatic heterocycles. The second-order valence-electron chi connectivity index (χ2n) is 3.54. The van der Waals surface area contributed by atoms with Crippen LogP contribution in [0.1, 0.15) is 20.3 Å². The Morgan fingerprint density at radius 3 is 2.65 bits per heavy atom. The average molecular weight is 258 g/mol. The van der Waals surface area contributed by atoms with E-state index in [1.165, 1.54) is 6.07 Å². The van der Waals surface area contributed by atoms with Gasteiger partial charge in [0, 0.05) is 12.2 Å². The monoisotopic (exact) mass is 258 g/mol. The van der Waals surface area contributed by atoms with Crippen LogP contribution in [0.2, 0.25) is 0 Å². The highest BCUT2D eigenvalue weighted by Gasteiger charge is 2.19. The van der Waals surface area contributed by atoms with Crippen molar-refractivity contribution in [3.63, 3.8) is 0 Å². The molecule has 1 aromatic carbocycles. The van der Waals surface area contributed by atoms with E-state index in [2.05, 4.69) is 4.72 Å². The van der Waals surface area contributed by atoms with E-state index in [0.717, 1.165) is 6.42 Å². The number of ether oxygens (including phenoxy) is 1. The van der Waals surface area contributed by atoms with Crippen molar-refractivity contribution in [3.8, 4) is 5.75 Å². The van der Waals surface area contributed by atoms with Crippen molar-refractivity contribution in [2.24, 2.45) is 0 Å². The van der Waals surface area contributed by atoms with Crippen LogP contribution in [0.4, 0.5) is 5.69 Å². The third-order valence-corrected chi connectivity index (χ3v) is 3.58. The van der Waals surface area contributed by atoms with Gasteiger partial charge in [-0.3, -0.25) is 0 Å². The van der Waals surface area contributed by atoms with Crippen molar-refractivity contribution in [2.75, 3.05) is 18.9 Å². The van der Waals surface area contributed by atoms with Gasteiger partial charge in [0.15, 0.2) is 0 Å². The zero-order valence-electron chi connectivity index (χ0n) is 10.1. The summed E-state index contributed by atoms with van der Waals surface area (Å²) in [7, 11) is -3.55. The maximum Gasteiger partial charge on any atom is 0.244 e. The lowest BCUT2D eigenvalue weighted by atomic mass is 10.3. The topological polar surface area (TPSA) is 81.4 Å². The maximum atomic E-state index is 12.0. The Labute approximate surface area is 102 Å². The molecule has 0 radical (unpaired) electrons. The lowest BCUT2D eigenvalue weighted by Gasteiger charge is -2.12. The molecule has 0 heterocycles. The maximum absolute atomic E-state index is 12.0. The summed E-state index contributed by atoms with van der Waals surface area (Å²) < 4.78 is 31.8. The van der Waals surface area contributed by atoms with Gasteiger partial charge in [-0.15, -0.1) is 0 Å². The van der Waals surface area contributed by atoms with Crippen molar-refractivity contribution in [2.45, 2.75) is 25.2 Å². The summed E-state index contributed by atoms with van der Waals surface area (Å²) in [6.45, 7) is 4.49. The molecule has 0 spiro atoms. The van der Waals surface area contributed by atoms with E-state index in [1.54, 1.807) is 19.1 Å². The van der Waals surface area contributed by atoms with E-state index in [1.807, 2.05) is 6.92 Å². The molecule has 0 saturated carbocycles. The third-order valence-electron chi connectivity index (χ3n) is 2.10. The molecule has 6 heteroatoms. The highest BCUT2D eigenvalue weighted by Crippen LogP contribution is 2.26. The highest BCUT2D eigenvalue weighted by atomic mass is 32.2. The predicted octanol–water partition coefficient (Wildman–Crippen LogP) is 1.36. The molecule has 17 heavy (non-hydrogen) atoms. The number of sulfonamides is 1. The van der Waals surface area contributed by atoms with Crippen LogP contribution < -0.4 is 15.2 Å². The minimum Gasteiger partial charge on any atom is -0.492 e. The number of anilines is 1. The molecule has 0 saturated heterocycles. The number of benzene rings is 1. The quantitative estimate of drug-likeness (QED) is 0.755. The Hall–Kier alpha value is -1.27. The summed E-state index contributed by atoms with van der Waals surface area (Å²) in [4.78, 5) is 0.0906. The number of nitrogens with two attached hydrogens (primary N) is 1. The Bertz CT molecular complexity index is 472. The van der Waals surface area contributed by atoms with Gasteiger partial charge >= 0.3 is 0 Å². The lowest BCUT2D eigenvalue weighted by molar-refractivity contribution is 0.331. The summed E-state index contributed by atoms with van der Waals surface area (Å²) in [6.07, 6.45) is 0.728. The SMILES string of the molecule is CCCNS(=O)(=O)c1cc(N)ccc1OCC. The standard InChI is InChI=1S/C11H18N2O3S/c1-3-7-13-17(14,15)11-8-9(12)5-6-10(11)16-4-2/h5-6,8,13H,3-4,7,12H2,1-2H3. The van der Waals surface area contributed by atoms with Crippen LogP contribution in [-0.2, 0) is 10.0 Å². The Kier molecular flexibility index (Phi) is 4.77. The minimum absolute atomic E-state index is 0.0906. The van der Waals surface area contributed by atoms with E-state index < -0.39 is 10.0 Å². The number of rotatable bonds is 6. The second-order valence-corrected chi connectivity index (χ2v) is 5.27. The molecule has 5 nitrogen and oxygen atoms in total. The Morgan fingerprint density at radius 1 is 1.35 bits per heavy atom. The summed E-state index contributed by atoms with van der Waals surface area (Å²) in [5, 5.41) is 0. The molecule has 0 bridgehead atoms. The highest BCUT2D eigenvalue weighted by molar-refractivity contribution is 7.89. The zero-order chi connectivity index (χ0) is 12.9. The van der Waals surface area contributed by atoms with Crippen LogP contribution in [0.25, 0.3) is 0 Å². The molecule has 0 fully saturated rings. The largest absolute Gasteiger partial charge is 0.492 e. The summed E-state index contributed by atoms with van der Waals surface area (Å²) >= 11 is 0. The summed E-state index contributed by atoms with van der Waals surface area (Å²) in [6, 6.07) is 4.59. The predicted molar refractivity (Wildman–Crippen MR) is 67.5 cm³/mol. The van der Waals surface area contributed by atoms with E-state index in [9.17, 15) is 8.42 Å². The van der Waals surface area contributed by atoms with Crippen LogP contribution in [0.5, 0.6) is 5.75 Å². The first-order valence-corrected chi connectivity index (χ1v) is 7.01. The molecule has 0 unspecified atom stereocenters. The molecule has 1 aromatic rings. The van der Waals surface area contributed by atoms with Crippen molar-refractivity contribution in [1.29, 1.82) is 0 Å². The van der Waals surface area contributed by atoms with E-state index in [-0.39, 0.29) is 4.90 Å². The number of hydrogen-bond acceptors (Lipinski definition) is 4. The molecule has 1 rings (SSSR count). The average Bonchev–Trinajstić information content (AvgIpc) is 2.29. The zero-order valence-corrected chi connectivity index (χ0v) is 10.9. The molecule has 0 amide bonds. The van der Waals surface area contributed by atoms with E-state index >= 15 is 0 Å². The molecule has 0 aromatic heterocycles. The first kappa shape index (κ1) is 13.8. The summed E-state index contributed by atoms with van der Waals surface area (Å²) in [5.41, 5.74) is 6.00. The lowest BCUT2D eigenvalue weighted by Crippen LogP contribution is -2.25. The van der Waals surface area contributed by atoms with Gasteiger partial charge in [0.1, 0.15) is 10.6 Å². The molecular formula is C11H18N2O3S. The van der Waals surface area contributed by atoms with Crippen molar-refractivity contribution in [3.05, 3.63) is 18.2 Å². The van der Waals surface area contributed by atoms with Crippen LogP contribution in [0.15, 0.2) is 23.1 Å². The molecule has 3 N–H and O–H groups in total. The van der Waals surface area contributed by atoms with Crippen molar-refractivity contribution in [1.82, 2.24) is 4.72 Å². The molecule has 0 aliphatic carbocycles.